The monoisotopic (exact) mass is 370 g/mol. The van der Waals surface area contributed by atoms with E-state index in [4.69, 9.17) is 11.6 Å². The highest BCUT2D eigenvalue weighted by molar-refractivity contribution is 9.10. The Morgan fingerprint density at radius 2 is 1.90 bits per heavy atom. The molecule has 0 radical (unpaired) electrons. The number of benzene rings is 2. The first kappa shape index (κ1) is 15.8. The van der Waals surface area contributed by atoms with Crippen LogP contribution in [-0.2, 0) is 4.79 Å². The summed E-state index contributed by atoms with van der Waals surface area (Å²) < 4.78 is 13.9. The Labute approximate surface area is 135 Å². The summed E-state index contributed by atoms with van der Waals surface area (Å²) in [6, 6.07) is 10.8. The van der Waals surface area contributed by atoms with Gasteiger partial charge in [0.05, 0.1) is 10.7 Å². The fourth-order valence-electron chi connectivity index (χ4n) is 1.69. The minimum absolute atomic E-state index is 0.166. The molecule has 6 heteroatoms. The minimum atomic E-state index is -0.465. The van der Waals surface area contributed by atoms with E-state index in [0.717, 1.165) is 16.2 Å². The van der Waals surface area contributed by atoms with Crippen molar-refractivity contribution in [2.45, 2.75) is 13.0 Å². The van der Waals surface area contributed by atoms with Gasteiger partial charge in [-0.15, -0.1) is 0 Å². The summed E-state index contributed by atoms with van der Waals surface area (Å²) in [5, 5.41) is 5.90. The Morgan fingerprint density at radius 1 is 1.24 bits per heavy atom. The smallest absolute Gasteiger partial charge is 0.246 e. The van der Waals surface area contributed by atoms with E-state index in [2.05, 4.69) is 26.6 Å². The number of hydrogen-bond donors (Lipinski definition) is 2. The van der Waals surface area contributed by atoms with Gasteiger partial charge in [0.2, 0.25) is 5.91 Å². The van der Waals surface area contributed by atoms with Crippen molar-refractivity contribution in [2.75, 3.05) is 10.6 Å². The van der Waals surface area contributed by atoms with Gasteiger partial charge in [0.1, 0.15) is 11.9 Å². The number of amides is 1. The summed E-state index contributed by atoms with van der Waals surface area (Å²) in [5.74, 6) is -0.703. The van der Waals surface area contributed by atoms with Crippen LogP contribution in [0.3, 0.4) is 0 Å². The van der Waals surface area contributed by atoms with Gasteiger partial charge in [-0.2, -0.15) is 0 Å². The summed E-state index contributed by atoms with van der Waals surface area (Å²) >= 11 is 9.22. The second kappa shape index (κ2) is 6.91. The van der Waals surface area contributed by atoms with Crippen LogP contribution in [0.5, 0.6) is 0 Å². The lowest BCUT2D eigenvalue weighted by molar-refractivity contribution is -0.116. The molecule has 0 aliphatic heterocycles. The fraction of sp³-hybridized carbons (Fsp3) is 0.133. The van der Waals surface area contributed by atoms with Gasteiger partial charge in [0.15, 0.2) is 0 Å². The summed E-state index contributed by atoms with van der Waals surface area (Å²) in [5.41, 5.74) is 1.21. The van der Waals surface area contributed by atoms with Crippen molar-refractivity contribution >= 4 is 44.8 Å². The van der Waals surface area contributed by atoms with E-state index in [1.165, 1.54) is 12.1 Å². The van der Waals surface area contributed by atoms with Crippen LogP contribution < -0.4 is 10.6 Å². The molecule has 0 aliphatic carbocycles. The molecule has 2 N–H and O–H groups in total. The molecule has 0 saturated heterocycles. The zero-order valence-corrected chi connectivity index (χ0v) is 13.5. The Kier molecular flexibility index (Phi) is 5.20. The maximum Gasteiger partial charge on any atom is 0.246 e. The molecule has 110 valence electrons. The number of carbonyl (C=O) groups is 1. The van der Waals surface area contributed by atoms with Gasteiger partial charge in [0.25, 0.3) is 0 Å². The predicted octanol–water partition coefficient (Wildman–Crippen LogP) is 4.68. The number of nitrogens with one attached hydrogen (secondary N) is 2. The fourth-order valence-corrected chi connectivity index (χ4v) is 2.17. The second-order valence-corrected chi connectivity index (χ2v) is 5.81. The third-order valence-electron chi connectivity index (χ3n) is 2.81. The standard InChI is InChI=1S/C15H13BrClFN2O/c1-9(19-12-5-2-10(16)3-6-12)15(21)20-14-7-4-11(18)8-13(14)17/h2-9,19H,1H3,(H,20,21)/t9-/m0/s1. The number of anilines is 2. The van der Waals surface area contributed by atoms with Crippen molar-refractivity contribution in [1.82, 2.24) is 0 Å². The van der Waals surface area contributed by atoms with E-state index >= 15 is 0 Å². The van der Waals surface area contributed by atoms with Crippen LogP contribution in [-0.4, -0.2) is 11.9 Å². The molecule has 0 unspecified atom stereocenters. The average molecular weight is 372 g/mol. The molecule has 0 aromatic heterocycles. The molecule has 21 heavy (non-hydrogen) atoms. The van der Waals surface area contributed by atoms with Gasteiger partial charge < -0.3 is 10.6 Å². The Balaban J connectivity index is 2.00. The number of carbonyl (C=O) groups excluding carboxylic acids is 1. The van der Waals surface area contributed by atoms with Gasteiger partial charge in [-0.1, -0.05) is 27.5 Å². The zero-order valence-electron chi connectivity index (χ0n) is 11.2. The molecule has 0 spiro atoms. The number of hydrogen-bond acceptors (Lipinski definition) is 2. The second-order valence-electron chi connectivity index (χ2n) is 4.49. The molecular weight excluding hydrogens is 359 g/mol. The van der Waals surface area contributed by atoms with Crippen LogP contribution in [0, 0.1) is 5.82 Å². The van der Waals surface area contributed by atoms with Crippen LogP contribution in [0.1, 0.15) is 6.92 Å². The van der Waals surface area contributed by atoms with Gasteiger partial charge in [-0.25, -0.2) is 4.39 Å². The Morgan fingerprint density at radius 3 is 2.52 bits per heavy atom. The molecule has 3 nitrogen and oxygen atoms in total. The highest BCUT2D eigenvalue weighted by Gasteiger charge is 2.14. The molecule has 0 fully saturated rings. The molecule has 0 saturated carbocycles. The van der Waals surface area contributed by atoms with Crippen molar-refractivity contribution in [3.63, 3.8) is 0 Å². The molecule has 0 bridgehead atoms. The van der Waals surface area contributed by atoms with E-state index in [1.54, 1.807) is 6.92 Å². The lowest BCUT2D eigenvalue weighted by atomic mass is 10.2. The highest BCUT2D eigenvalue weighted by atomic mass is 79.9. The van der Waals surface area contributed by atoms with Crippen LogP contribution in [0.25, 0.3) is 0 Å². The lowest BCUT2D eigenvalue weighted by Gasteiger charge is -2.16. The first-order valence-corrected chi connectivity index (χ1v) is 7.41. The topological polar surface area (TPSA) is 41.1 Å². The SMILES string of the molecule is C[C@H](Nc1ccc(Br)cc1)C(=O)Nc1ccc(F)cc1Cl. The van der Waals surface area contributed by atoms with Crippen molar-refractivity contribution in [3.05, 3.63) is 57.8 Å². The van der Waals surface area contributed by atoms with Crippen molar-refractivity contribution in [2.24, 2.45) is 0 Å². The van der Waals surface area contributed by atoms with Crippen molar-refractivity contribution < 1.29 is 9.18 Å². The largest absolute Gasteiger partial charge is 0.374 e. The van der Waals surface area contributed by atoms with Gasteiger partial charge in [0, 0.05) is 10.2 Å². The maximum atomic E-state index is 13.0. The molecular formula is C15H13BrClFN2O. The van der Waals surface area contributed by atoms with Gasteiger partial charge in [-0.05, 0) is 49.4 Å². The molecule has 0 aliphatic rings. The third kappa shape index (κ3) is 4.44. The van der Waals surface area contributed by atoms with E-state index in [9.17, 15) is 9.18 Å². The van der Waals surface area contributed by atoms with E-state index in [-0.39, 0.29) is 10.9 Å². The molecule has 1 atom stereocenters. The quantitative estimate of drug-likeness (QED) is 0.819. The maximum absolute atomic E-state index is 13.0. The summed E-state index contributed by atoms with van der Waals surface area (Å²) in [6.45, 7) is 1.73. The van der Waals surface area contributed by atoms with E-state index in [1.807, 2.05) is 24.3 Å². The molecule has 2 aromatic rings. The van der Waals surface area contributed by atoms with Gasteiger partial charge in [-0.3, -0.25) is 4.79 Å². The van der Waals surface area contributed by atoms with Crippen LogP contribution in [0.4, 0.5) is 15.8 Å². The Bertz CT molecular complexity index is 649. The van der Waals surface area contributed by atoms with Crippen LogP contribution in [0.2, 0.25) is 5.02 Å². The molecule has 0 heterocycles. The number of rotatable bonds is 4. The zero-order chi connectivity index (χ0) is 15.4. The van der Waals surface area contributed by atoms with Crippen LogP contribution >= 0.6 is 27.5 Å². The predicted molar refractivity (Wildman–Crippen MR) is 87.3 cm³/mol. The van der Waals surface area contributed by atoms with Crippen LogP contribution in [0.15, 0.2) is 46.9 Å². The first-order chi connectivity index (χ1) is 9.95. The Hall–Kier alpha value is -1.59. The number of halogens is 3. The average Bonchev–Trinajstić information content (AvgIpc) is 2.44. The normalized spacial score (nSPS) is 11.8. The highest BCUT2D eigenvalue weighted by Crippen LogP contribution is 2.23. The summed E-state index contributed by atoms with van der Waals surface area (Å²) in [4.78, 5) is 12.1. The summed E-state index contributed by atoms with van der Waals surface area (Å²) in [6.07, 6.45) is 0. The molecule has 1 amide bonds. The molecule has 2 aromatic carbocycles. The molecule has 2 rings (SSSR count). The van der Waals surface area contributed by atoms with E-state index < -0.39 is 11.9 Å². The van der Waals surface area contributed by atoms with E-state index in [0.29, 0.717) is 5.69 Å². The van der Waals surface area contributed by atoms with Crippen molar-refractivity contribution in [1.29, 1.82) is 0 Å². The third-order valence-corrected chi connectivity index (χ3v) is 3.65. The minimum Gasteiger partial charge on any atom is -0.374 e. The lowest BCUT2D eigenvalue weighted by Crippen LogP contribution is -2.31. The van der Waals surface area contributed by atoms with Gasteiger partial charge >= 0.3 is 0 Å². The summed E-state index contributed by atoms with van der Waals surface area (Å²) in [7, 11) is 0. The van der Waals surface area contributed by atoms with Crippen molar-refractivity contribution in [3.8, 4) is 0 Å². The first-order valence-electron chi connectivity index (χ1n) is 6.24.